The molecule has 0 N–H and O–H groups in total. The van der Waals surface area contributed by atoms with Crippen LogP contribution in [-0.2, 0) is 22.4 Å². The summed E-state index contributed by atoms with van der Waals surface area (Å²) < 4.78 is 18.9. The molecule has 0 aliphatic heterocycles. The van der Waals surface area contributed by atoms with Crippen LogP contribution < -0.4 is 9.05 Å². The minimum absolute atomic E-state index is 0.125. The van der Waals surface area contributed by atoms with Crippen LogP contribution in [-0.4, -0.2) is 18.3 Å². The zero-order chi connectivity index (χ0) is 33.6. The van der Waals surface area contributed by atoms with E-state index in [1.54, 1.807) is 11.4 Å². The predicted octanol–water partition coefficient (Wildman–Crippen LogP) is 14.0. The van der Waals surface area contributed by atoms with Crippen LogP contribution in [0.1, 0.15) is 167 Å². The number of carbonyl (C=O) groups is 1. The van der Waals surface area contributed by atoms with E-state index < -0.39 is 7.58 Å². The lowest BCUT2D eigenvalue weighted by Crippen LogP contribution is -2.07. The molecular formula is C41H67O4PS. The summed E-state index contributed by atoms with van der Waals surface area (Å²) in [6, 6.07) is 16.9. The van der Waals surface area contributed by atoms with Gasteiger partial charge in [-0.05, 0) is 66.7 Å². The standard InChI is InChI=1S/C41H67O4PS/c1-4-7-10-13-16-18-21-28-37-30-23-25-32-39(37)44-46(47-36-34-41(42)43-35-27-20-15-12-9-6-3)45-40-33-26-24-31-38(40)29-22-19-17-14-11-8-5-2/h23-26,30-33H,4-22,27-29,34-36H2,1-3H3. The van der Waals surface area contributed by atoms with Gasteiger partial charge in [-0.15, -0.1) is 0 Å². The third kappa shape index (κ3) is 21.1. The summed E-state index contributed by atoms with van der Waals surface area (Å²) in [5, 5.41) is 0. The van der Waals surface area contributed by atoms with Crippen LogP contribution in [0.4, 0.5) is 0 Å². The summed E-state index contributed by atoms with van der Waals surface area (Å²) in [6.07, 6.45) is 27.6. The summed E-state index contributed by atoms with van der Waals surface area (Å²) in [5.74, 6) is 2.31. The Morgan fingerprint density at radius 1 is 0.553 bits per heavy atom. The SMILES string of the molecule is CCCCCCCCCc1ccccc1OP(Oc1ccccc1CCCCCCCCC)SCCC(=O)OCCCCCCCC. The van der Waals surface area contributed by atoms with Crippen molar-refractivity contribution < 1.29 is 18.6 Å². The Morgan fingerprint density at radius 3 is 1.43 bits per heavy atom. The normalized spacial score (nSPS) is 11.2. The van der Waals surface area contributed by atoms with Crippen LogP contribution in [0.15, 0.2) is 48.5 Å². The number of aryl methyl sites for hydroxylation is 2. The molecule has 6 heteroatoms. The molecule has 0 saturated heterocycles. The van der Waals surface area contributed by atoms with Crippen LogP contribution in [0.3, 0.4) is 0 Å². The minimum Gasteiger partial charge on any atom is -0.466 e. The first-order chi connectivity index (χ1) is 23.2. The Bertz CT molecular complexity index is 969. The molecule has 0 amide bonds. The topological polar surface area (TPSA) is 44.8 Å². The van der Waals surface area contributed by atoms with Crippen LogP contribution in [0.2, 0.25) is 0 Å². The molecule has 0 heterocycles. The summed E-state index contributed by atoms with van der Waals surface area (Å²) in [6.45, 7) is 7.29. The van der Waals surface area contributed by atoms with Crippen molar-refractivity contribution in [2.45, 2.75) is 168 Å². The highest BCUT2D eigenvalue weighted by Crippen LogP contribution is 2.53. The Hall–Kier alpha value is -1.71. The summed E-state index contributed by atoms with van der Waals surface area (Å²) >= 11 is 1.61. The fourth-order valence-electron chi connectivity index (χ4n) is 5.72. The Kier molecular flexibility index (Phi) is 25.8. The van der Waals surface area contributed by atoms with E-state index in [0.29, 0.717) is 18.8 Å². The van der Waals surface area contributed by atoms with E-state index in [-0.39, 0.29) is 5.97 Å². The van der Waals surface area contributed by atoms with Gasteiger partial charge in [-0.1, -0.05) is 166 Å². The van der Waals surface area contributed by atoms with Gasteiger partial charge in [0.2, 0.25) is 0 Å². The van der Waals surface area contributed by atoms with Crippen LogP contribution in [0, 0.1) is 0 Å². The zero-order valence-corrected chi connectivity index (χ0v) is 32.0. The molecule has 0 saturated carbocycles. The van der Waals surface area contributed by atoms with Crippen molar-refractivity contribution in [2.24, 2.45) is 0 Å². The number of hydrogen-bond donors (Lipinski definition) is 0. The molecule has 0 aliphatic carbocycles. The molecule has 0 fully saturated rings. The average molecular weight is 687 g/mol. The quantitative estimate of drug-likeness (QED) is 0.0449. The number of esters is 1. The Morgan fingerprint density at radius 2 is 0.957 bits per heavy atom. The van der Waals surface area contributed by atoms with Crippen molar-refractivity contribution in [1.29, 1.82) is 0 Å². The van der Waals surface area contributed by atoms with Crippen molar-refractivity contribution in [3.8, 4) is 11.5 Å². The third-order valence-corrected chi connectivity index (χ3v) is 11.6. The van der Waals surface area contributed by atoms with Gasteiger partial charge in [0, 0.05) is 5.75 Å². The lowest BCUT2D eigenvalue weighted by Gasteiger charge is -2.21. The molecule has 0 aromatic heterocycles. The van der Waals surface area contributed by atoms with Crippen molar-refractivity contribution >= 4 is 24.9 Å². The Balaban J connectivity index is 1.97. The maximum atomic E-state index is 12.5. The highest BCUT2D eigenvalue weighted by molar-refractivity contribution is 8.53. The fraction of sp³-hybridized carbons (Fsp3) is 0.683. The molecule has 0 spiro atoms. The van der Waals surface area contributed by atoms with E-state index in [0.717, 1.165) is 37.2 Å². The van der Waals surface area contributed by atoms with Gasteiger partial charge in [0.1, 0.15) is 11.5 Å². The molecule has 266 valence electrons. The first-order valence-electron chi connectivity index (χ1n) is 19.3. The second kappa shape index (κ2) is 29.2. The van der Waals surface area contributed by atoms with E-state index in [2.05, 4.69) is 69.3 Å². The van der Waals surface area contributed by atoms with E-state index in [4.69, 9.17) is 13.8 Å². The number of benzene rings is 2. The van der Waals surface area contributed by atoms with E-state index in [1.807, 2.05) is 0 Å². The van der Waals surface area contributed by atoms with Crippen molar-refractivity contribution in [3.63, 3.8) is 0 Å². The molecule has 0 bridgehead atoms. The van der Waals surface area contributed by atoms with Gasteiger partial charge >= 0.3 is 13.5 Å². The number of hydrogen-bond acceptors (Lipinski definition) is 5. The smallest absolute Gasteiger partial charge is 0.360 e. The third-order valence-electron chi connectivity index (χ3n) is 8.65. The molecular weight excluding hydrogens is 619 g/mol. The molecule has 0 unspecified atom stereocenters. The zero-order valence-electron chi connectivity index (χ0n) is 30.3. The number of unbranched alkanes of at least 4 members (excludes halogenated alkanes) is 17. The molecule has 47 heavy (non-hydrogen) atoms. The molecule has 2 aromatic carbocycles. The molecule has 0 atom stereocenters. The first-order valence-corrected chi connectivity index (χ1v) is 22.0. The lowest BCUT2D eigenvalue weighted by molar-refractivity contribution is -0.143. The van der Waals surface area contributed by atoms with E-state index in [9.17, 15) is 4.79 Å². The van der Waals surface area contributed by atoms with E-state index in [1.165, 1.54) is 127 Å². The maximum Gasteiger partial charge on any atom is 0.360 e. The first kappa shape index (κ1) is 41.5. The molecule has 0 radical (unpaired) electrons. The maximum absolute atomic E-state index is 12.5. The average Bonchev–Trinajstić information content (AvgIpc) is 3.08. The van der Waals surface area contributed by atoms with Crippen molar-refractivity contribution in [1.82, 2.24) is 0 Å². The fourth-order valence-corrected chi connectivity index (χ4v) is 8.47. The molecule has 2 aromatic rings. The highest BCUT2D eigenvalue weighted by Gasteiger charge is 2.20. The molecule has 0 aliphatic rings. The minimum atomic E-state index is -1.35. The summed E-state index contributed by atoms with van der Waals surface area (Å²) in [7, 11) is -1.35. The summed E-state index contributed by atoms with van der Waals surface area (Å²) in [4.78, 5) is 12.5. The van der Waals surface area contributed by atoms with Gasteiger partial charge in [0.15, 0.2) is 0 Å². The van der Waals surface area contributed by atoms with Gasteiger partial charge in [0.25, 0.3) is 0 Å². The number of rotatable bonds is 31. The second-order valence-corrected chi connectivity index (χ2v) is 16.1. The van der Waals surface area contributed by atoms with Crippen LogP contribution in [0.25, 0.3) is 0 Å². The molecule has 4 nitrogen and oxygen atoms in total. The Labute approximate surface area is 294 Å². The van der Waals surface area contributed by atoms with E-state index >= 15 is 0 Å². The van der Waals surface area contributed by atoms with Gasteiger partial charge in [-0.2, -0.15) is 0 Å². The van der Waals surface area contributed by atoms with Gasteiger partial charge in [-0.25, -0.2) is 0 Å². The second-order valence-electron chi connectivity index (χ2n) is 12.9. The monoisotopic (exact) mass is 686 g/mol. The van der Waals surface area contributed by atoms with Crippen molar-refractivity contribution in [2.75, 3.05) is 12.4 Å². The van der Waals surface area contributed by atoms with Gasteiger partial charge in [-0.3, -0.25) is 4.79 Å². The van der Waals surface area contributed by atoms with Gasteiger partial charge < -0.3 is 13.8 Å². The highest BCUT2D eigenvalue weighted by atomic mass is 32.7. The number of carbonyl (C=O) groups excluding carboxylic acids is 1. The largest absolute Gasteiger partial charge is 0.466 e. The van der Waals surface area contributed by atoms with Crippen molar-refractivity contribution in [3.05, 3.63) is 59.7 Å². The van der Waals surface area contributed by atoms with Crippen LogP contribution in [0.5, 0.6) is 11.5 Å². The number of ether oxygens (including phenoxy) is 1. The summed E-state index contributed by atoms with van der Waals surface area (Å²) in [5.41, 5.74) is 2.49. The lowest BCUT2D eigenvalue weighted by atomic mass is 10.0. The number of para-hydroxylation sites is 2. The van der Waals surface area contributed by atoms with Gasteiger partial charge in [0.05, 0.1) is 13.0 Å². The van der Waals surface area contributed by atoms with Crippen LogP contribution >= 0.6 is 19.0 Å². The molecule has 2 rings (SSSR count). The predicted molar refractivity (Wildman–Crippen MR) is 206 cm³/mol.